The van der Waals surface area contributed by atoms with Crippen molar-refractivity contribution in [2.75, 3.05) is 0 Å². The van der Waals surface area contributed by atoms with E-state index in [2.05, 4.69) is 31.9 Å². The van der Waals surface area contributed by atoms with Crippen LogP contribution in [0.3, 0.4) is 0 Å². The van der Waals surface area contributed by atoms with Gasteiger partial charge in [-0.3, -0.25) is 0 Å². The maximum absolute atomic E-state index is 12.4. The van der Waals surface area contributed by atoms with Crippen LogP contribution in [0.25, 0.3) is 11.0 Å². The summed E-state index contributed by atoms with van der Waals surface area (Å²) in [4.78, 5) is 12.4. The van der Waals surface area contributed by atoms with Gasteiger partial charge in [0.2, 0.25) is 0 Å². The quantitative estimate of drug-likeness (QED) is 0.436. The molecule has 0 spiro atoms. The fraction of sp³-hybridized carbons (Fsp3) is 0.333. The van der Waals surface area contributed by atoms with Gasteiger partial charge in [0.25, 0.3) is 11.2 Å². The zero-order valence-electron chi connectivity index (χ0n) is 9.38. The normalized spacial score (nSPS) is 23.0. The van der Waals surface area contributed by atoms with Gasteiger partial charge in [-0.1, -0.05) is 44.0 Å². The van der Waals surface area contributed by atoms with Crippen LogP contribution in [0.4, 0.5) is 0 Å². The lowest BCUT2D eigenvalue weighted by molar-refractivity contribution is -0.477. The lowest BCUT2D eigenvalue weighted by Crippen LogP contribution is -2.32. The summed E-state index contributed by atoms with van der Waals surface area (Å²) >= 11 is 7.05. The number of rotatable bonds is 0. The van der Waals surface area contributed by atoms with Crippen LogP contribution < -0.4 is 4.43 Å². The molecule has 0 aliphatic heterocycles. The van der Waals surface area contributed by atoms with Crippen molar-refractivity contribution in [3.05, 3.63) is 40.6 Å². The first kappa shape index (κ1) is 12.2. The van der Waals surface area contributed by atoms with Crippen molar-refractivity contribution < 1.29 is 9.63 Å². The summed E-state index contributed by atoms with van der Waals surface area (Å²) in [7, 11) is 0. The van der Waals surface area contributed by atoms with Crippen molar-refractivity contribution in [1.82, 2.24) is 4.73 Å². The Morgan fingerprint density at radius 2 is 1.89 bits per heavy atom. The van der Waals surface area contributed by atoms with Gasteiger partial charge in [-0.05, 0) is 18.9 Å². The molecule has 1 aromatic heterocycles. The van der Waals surface area contributed by atoms with E-state index in [4.69, 9.17) is 0 Å². The van der Waals surface area contributed by atoms with E-state index in [9.17, 15) is 10.1 Å². The first-order chi connectivity index (χ1) is 8.61. The fourth-order valence-corrected chi connectivity index (χ4v) is 3.81. The predicted octanol–water partition coefficient (Wildman–Crippen LogP) is 3.46. The van der Waals surface area contributed by atoms with Gasteiger partial charge < -0.3 is 5.21 Å². The molecule has 94 valence electrons. The lowest BCUT2D eigenvalue weighted by Gasteiger charge is -2.21. The van der Waals surface area contributed by atoms with Crippen LogP contribution in [0.1, 0.15) is 33.9 Å². The molecular weight excluding hydrogens is 364 g/mol. The smallest absolute Gasteiger partial charge is 0.290 e. The monoisotopic (exact) mass is 373 g/mol. The predicted molar refractivity (Wildman–Crippen MR) is 75.1 cm³/mol. The minimum absolute atomic E-state index is 0.00361. The molecule has 0 bridgehead atoms. The van der Waals surface area contributed by atoms with E-state index < -0.39 is 0 Å². The van der Waals surface area contributed by atoms with Crippen molar-refractivity contribution in [1.29, 1.82) is 0 Å². The first-order valence-electron chi connectivity index (χ1n) is 5.68. The molecule has 2 atom stereocenters. The molecule has 4 nitrogen and oxygen atoms in total. The van der Waals surface area contributed by atoms with Crippen molar-refractivity contribution in [3.63, 3.8) is 0 Å². The lowest BCUT2D eigenvalue weighted by atomic mass is 9.99. The largest absolute Gasteiger partial charge is 0.428 e. The molecule has 0 amide bonds. The molecule has 2 aromatic rings. The number of hydrogen-bond donors (Lipinski definition) is 1. The topological polar surface area (TPSA) is 48.1 Å². The summed E-state index contributed by atoms with van der Waals surface area (Å²) in [5, 5.41) is 10.3. The molecule has 3 rings (SSSR count). The van der Waals surface area contributed by atoms with E-state index in [-0.39, 0.29) is 9.65 Å². The van der Waals surface area contributed by atoms with Crippen LogP contribution in [-0.2, 0) is 0 Å². The number of alkyl halides is 2. The van der Waals surface area contributed by atoms with E-state index in [1.807, 2.05) is 0 Å². The molecule has 0 saturated carbocycles. The number of nitrogens with zero attached hydrogens (tertiary/aromatic N) is 2. The Hall–Kier alpha value is -0.880. The van der Waals surface area contributed by atoms with Gasteiger partial charge in [0.05, 0.1) is 9.25 Å². The highest BCUT2D eigenvalue weighted by Gasteiger charge is 2.37. The number of aromatic nitrogens is 2. The molecule has 6 heteroatoms. The van der Waals surface area contributed by atoms with E-state index in [1.165, 1.54) is 0 Å². The first-order valence-corrected chi connectivity index (χ1v) is 7.52. The maximum Gasteiger partial charge on any atom is 0.290 e. The Labute approximate surface area is 120 Å². The highest BCUT2D eigenvalue weighted by atomic mass is 79.9. The SMILES string of the molecule is O=[n+]1c2c(n(O)c3ccccc31)[C@H](Br)CC[C@@H]2Br. The summed E-state index contributed by atoms with van der Waals surface area (Å²) in [6.45, 7) is 0. The second-order valence-electron chi connectivity index (χ2n) is 4.38. The fourth-order valence-electron chi connectivity index (χ4n) is 2.43. The average molecular weight is 375 g/mol. The molecule has 1 aromatic carbocycles. The van der Waals surface area contributed by atoms with Crippen LogP contribution in [-0.4, -0.2) is 9.94 Å². The van der Waals surface area contributed by atoms with Gasteiger partial charge in [0.15, 0.2) is 5.52 Å². The number of para-hydroxylation sites is 2. The summed E-state index contributed by atoms with van der Waals surface area (Å²) in [6.07, 6.45) is 1.74. The minimum atomic E-state index is -0.0261. The summed E-state index contributed by atoms with van der Waals surface area (Å²) < 4.78 is 2.05. The molecule has 1 N–H and O–H groups in total. The van der Waals surface area contributed by atoms with Crippen LogP contribution in [0, 0.1) is 4.91 Å². The maximum atomic E-state index is 12.4. The Bertz CT molecular complexity index is 684. The second kappa shape index (κ2) is 4.35. The minimum Gasteiger partial charge on any atom is -0.428 e. The zero-order valence-corrected chi connectivity index (χ0v) is 12.6. The number of halogens is 2. The Kier molecular flexibility index (Phi) is 2.94. The third kappa shape index (κ3) is 1.62. The number of benzene rings is 1. The number of fused-ring (bicyclic) bond motifs is 2. The van der Waals surface area contributed by atoms with Crippen LogP contribution in [0.15, 0.2) is 24.3 Å². The molecular formula is C12H11Br2N2O2+. The van der Waals surface area contributed by atoms with E-state index >= 15 is 0 Å². The van der Waals surface area contributed by atoms with Crippen LogP contribution in [0.2, 0.25) is 0 Å². The van der Waals surface area contributed by atoms with E-state index in [0.717, 1.165) is 22.0 Å². The molecule has 1 aliphatic rings. The van der Waals surface area contributed by atoms with Crippen LogP contribution in [0.5, 0.6) is 0 Å². The summed E-state index contributed by atoms with van der Waals surface area (Å²) in [5.41, 5.74) is 2.23. The molecule has 1 heterocycles. The van der Waals surface area contributed by atoms with Crippen molar-refractivity contribution >= 4 is 42.9 Å². The van der Waals surface area contributed by atoms with Crippen molar-refractivity contribution in [3.8, 4) is 0 Å². The van der Waals surface area contributed by atoms with E-state index in [0.29, 0.717) is 22.4 Å². The van der Waals surface area contributed by atoms with Gasteiger partial charge in [0, 0.05) is 11.0 Å². The molecule has 0 saturated heterocycles. The highest BCUT2D eigenvalue weighted by Crippen LogP contribution is 2.43. The number of hydrogen-bond acceptors (Lipinski definition) is 2. The summed E-state index contributed by atoms with van der Waals surface area (Å²) in [5.74, 6) is 0. The Balaban J connectivity index is 2.50. The molecule has 1 aliphatic carbocycles. The summed E-state index contributed by atoms with van der Waals surface area (Å²) in [6, 6.07) is 7.05. The third-order valence-corrected chi connectivity index (χ3v) is 5.09. The van der Waals surface area contributed by atoms with Gasteiger partial charge >= 0.3 is 0 Å². The van der Waals surface area contributed by atoms with Crippen molar-refractivity contribution in [2.24, 2.45) is 0 Å². The van der Waals surface area contributed by atoms with Gasteiger partial charge in [-0.2, -0.15) is 4.73 Å². The highest BCUT2D eigenvalue weighted by molar-refractivity contribution is 9.09. The molecule has 0 radical (unpaired) electrons. The standard InChI is InChI=1S/C12H11Br2N2O2/c13-7-5-6-8(14)12-11(7)15(17)9-3-1-2-4-10(9)16(12)18/h1-4,7-8,17H,5-6H2/q+1/t7-,8+/m1/s1. The zero-order chi connectivity index (χ0) is 12.9. The average Bonchev–Trinajstić information content (AvgIpc) is 2.38. The van der Waals surface area contributed by atoms with Gasteiger partial charge in [-0.25, -0.2) is 0 Å². The Morgan fingerprint density at radius 1 is 1.22 bits per heavy atom. The van der Waals surface area contributed by atoms with E-state index in [1.54, 1.807) is 24.3 Å². The second-order valence-corrected chi connectivity index (χ2v) is 6.59. The van der Waals surface area contributed by atoms with Crippen molar-refractivity contribution in [2.45, 2.75) is 22.5 Å². The molecule has 18 heavy (non-hydrogen) atoms. The van der Waals surface area contributed by atoms with Gasteiger partial charge in [0.1, 0.15) is 10.5 Å². The molecule has 0 unspecified atom stereocenters. The Morgan fingerprint density at radius 3 is 2.67 bits per heavy atom. The van der Waals surface area contributed by atoms with Gasteiger partial charge in [-0.15, -0.1) is 0 Å². The third-order valence-electron chi connectivity index (χ3n) is 3.31. The van der Waals surface area contributed by atoms with Crippen LogP contribution >= 0.6 is 31.9 Å². The molecule has 0 fully saturated rings.